The fourth-order valence-electron chi connectivity index (χ4n) is 10.8. The zero-order valence-corrected chi connectivity index (χ0v) is 38.6. The van der Waals surface area contributed by atoms with Crippen molar-refractivity contribution in [2.45, 2.75) is 100 Å². The smallest absolute Gasteiger partial charge is 0.381 e. The zero-order chi connectivity index (χ0) is 46.7. The number of aryl methyl sites for hydroxylation is 2. The van der Waals surface area contributed by atoms with Gasteiger partial charge in [0.25, 0.3) is 11.5 Å². The van der Waals surface area contributed by atoms with Gasteiger partial charge in [-0.15, -0.1) is 0 Å². The lowest BCUT2D eigenvalue weighted by Crippen LogP contribution is -2.45. The van der Waals surface area contributed by atoms with Gasteiger partial charge >= 0.3 is 11.8 Å². The van der Waals surface area contributed by atoms with E-state index in [0.717, 1.165) is 34.9 Å². The second-order valence-corrected chi connectivity index (χ2v) is 21.2. The number of ether oxygens (including phenoxy) is 1. The van der Waals surface area contributed by atoms with Crippen LogP contribution in [0.5, 0.6) is 0 Å². The highest BCUT2D eigenvalue weighted by atomic mass is 32.2. The molecular formula is C49H51FN8O8S. The van der Waals surface area contributed by atoms with Crippen LogP contribution >= 0.6 is 0 Å². The van der Waals surface area contributed by atoms with Gasteiger partial charge in [-0.2, -0.15) is 0 Å². The van der Waals surface area contributed by atoms with Crippen molar-refractivity contribution in [1.29, 1.82) is 0 Å². The Hall–Kier alpha value is -6.40. The summed E-state index contributed by atoms with van der Waals surface area (Å²) in [4.78, 5) is 70.1. The molecule has 3 aromatic carbocycles. The second kappa shape index (κ2) is 15.9. The van der Waals surface area contributed by atoms with Gasteiger partial charge in [0.2, 0.25) is 5.95 Å². The number of rotatable bonds is 10. The molecule has 0 bridgehead atoms. The second-order valence-electron chi connectivity index (χ2n) is 19.0. The van der Waals surface area contributed by atoms with Crippen LogP contribution in [0.4, 0.5) is 15.1 Å². The van der Waals surface area contributed by atoms with Crippen molar-refractivity contribution in [3.05, 3.63) is 132 Å². The monoisotopic (exact) mass is 930 g/mol. The summed E-state index contributed by atoms with van der Waals surface area (Å²) in [6.45, 7) is 9.31. The lowest BCUT2D eigenvalue weighted by molar-refractivity contribution is 0.0658. The number of amides is 3. The number of hydrogen-bond donors (Lipinski definition) is 1. The van der Waals surface area contributed by atoms with E-state index in [2.05, 4.69) is 22.3 Å². The van der Waals surface area contributed by atoms with E-state index in [-0.39, 0.29) is 60.5 Å². The molecule has 0 spiro atoms. The van der Waals surface area contributed by atoms with Crippen molar-refractivity contribution in [2.24, 2.45) is 5.92 Å². The van der Waals surface area contributed by atoms with Gasteiger partial charge < -0.3 is 19.1 Å². The predicted molar refractivity (Wildman–Crippen MR) is 245 cm³/mol. The molecule has 16 nitrogen and oxygen atoms in total. The maximum atomic E-state index is 15.3. The number of aromatic nitrogens is 5. The minimum Gasteiger partial charge on any atom is -0.381 e. The van der Waals surface area contributed by atoms with Crippen LogP contribution in [0.15, 0.2) is 79.7 Å². The van der Waals surface area contributed by atoms with Gasteiger partial charge in [0.05, 0.1) is 27.6 Å². The molecule has 3 atom stereocenters. The topological polar surface area (TPSA) is 186 Å². The van der Waals surface area contributed by atoms with E-state index in [1.165, 1.54) is 9.47 Å². The third-order valence-corrected chi connectivity index (χ3v) is 17.1. The third-order valence-electron chi connectivity index (χ3n) is 14.8. The average Bonchev–Trinajstić information content (AvgIpc) is 4.16. The Morgan fingerprint density at radius 2 is 1.64 bits per heavy atom. The van der Waals surface area contributed by atoms with Crippen LogP contribution < -0.4 is 16.2 Å². The van der Waals surface area contributed by atoms with Crippen molar-refractivity contribution < 1.29 is 31.7 Å². The number of aromatic amines is 1. The number of hydrogen-bond acceptors (Lipinski definition) is 10. The van der Waals surface area contributed by atoms with Crippen molar-refractivity contribution in [2.75, 3.05) is 37.7 Å². The Bertz CT molecular complexity index is 3230. The number of carbonyl (C=O) groups is 2. The quantitative estimate of drug-likeness (QED) is 0.160. The molecule has 5 aliphatic rings. The van der Waals surface area contributed by atoms with E-state index in [1.54, 1.807) is 60.0 Å². The summed E-state index contributed by atoms with van der Waals surface area (Å²) < 4.78 is 54.8. The number of urea groups is 1. The van der Waals surface area contributed by atoms with Crippen molar-refractivity contribution in [3.63, 3.8) is 0 Å². The number of halogens is 1. The summed E-state index contributed by atoms with van der Waals surface area (Å²) in [5.74, 6) is -0.705. The maximum absolute atomic E-state index is 15.3. The molecule has 3 aliphatic heterocycles. The average molecular weight is 931 g/mol. The highest BCUT2D eigenvalue weighted by molar-refractivity contribution is 7.92. The first-order valence-corrected chi connectivity index (χ1v) is 24.6. The lowest BCUT2D eigenvalue weighted by Gasteiger charge is -2.36. The van der Waals surface area contributed by atoms with Gasteiger partial charge in [0.1, 0.15) is 17.1 Å². The molecule has 1 N–H and O–H groups in total. The van der Waals surface area contributed by atoms with Gasteiger partial charge in [-0.25, -0.2) is 31.9 Å². The Labute approximate surface area is 385 Å². The molecule has 0 unspecified atom stereocenters. The molecule has 18 heteroatoms. The number of benzene rings is 3. The number of fused-ring (bicyclic) bond motifs is 2. The molecule has 348 valence electrons. The molecule has 3 amide bonds. The molecule has 2 saturated heterocycles. The van der Waals surface area contributed by atoms with Crippen LogP contribution in [0.1, 0.15) is 108 Å². The molecular weight excluding hydrogens is 880 g/mol. The molecule has 2 aliphatic carbocycles. The van der Waals surface area contributed by atoms with Gasteiger partial charge in [-0.1, -0.05) is 30.3 Å². The van der Waals surface area contributed by atoms with Crippen LogP contribution in [0.2, 0.25) is 0 Å². The van der Waals surface area contributed by atoms with Crippen LogP contribution in [0.3, 0.4) is 0 Å². The van der Waals surface area contributed by atoms with Gasteiger partial charge in [0.15, 0.2) is 15.7 Å². The molecule has 6 heterocycles. The first kappa shape index (κ1) is 43.2. The normalized spacial score (nSPS) is 22.2. The van der Waals surface area contributed by atoms with Crippen molar-refractivity contribution in [1.82, 2.24) is 34.1 Å². The third kappa shape index (κ3) is 7.04. The Morgan fingerprint density at radius 1 is 0.925 bits per heavy atom. The SMILES string of the molecule is Cc1cc(-n2c(N3CCN(Cc4ccc(S(=O)(=O)C5CC5)cc4)C3=O)nc3c(c2=O)CCN(C(=O)c2cc4cc(C5CCOCC5)ccc4n2[C@]2(c4noc(=O)[nH]4)C[C@H]2C)[C@@H]3C)cc(C)c1F. The van der Waals surface area contributed by atoms with Crippen molar-refractivity contribution in [3.8, 4) is 5.69 Å². The highest BCUT2D eigenvalue weighted by Crippen LogP contribution is 2.56. The van der Waals surface area contributed by atoms with E-state index >= 15 is 9.18 Å². The van der Waals surface area contributed by atoms with Crippen molar-refractivity contribution >= 4 is 38.6 Å². The summed E-state index contributed by atoms with van der Waals surface area (Å²) in [5.41, 5.74) is 3.56. The molecule has 0 radical (unpaired) electrons. The van der Waals surface area contributed by atoms with Crippen LogP contribution in [0.25, 0.3) is 16.6 Å². The fraction of sp³-hybridized carbons (Fsp3) is 0.429. The molecule has 4 fully saturated rings. The van der Waals surface area contributed by atoms with E-state index in [1.807, 2.05) is 30.5 Å². The highest BCUT2D eigenvalue weighted by Gasteiger charge is 2.59. The first-order valence-electron chi connectivity index (χ1n) is 23.1. The van der Waals surface area contributed by atoms with E-state index in [0.29, 0.717) is 78.0 Å². The molecule has 3 aromatic heterocycles. The summed E-state index contributed by atoms with van der Waals surface area (Å²) in [7, 11) is -3.38. The molecule has 11 rings (SSSR count). The number of H-pyrrole nitrogens is 1. The molecule has 6 aromatic rings. The number of nitrogens with zero attached hydrogens (tertiary/aromatic N) is 7. The Morgan fingerprint density at radius 3 is 2.30 bits per heavy atom. The maximum Gasteiger partial charge on any atom is 0.438 e. The summed E-state index contributed by atoms with van der Waals surface area (Å²) >= 11 is 0. The number of anilines is 1. The number of sulfone groups is 1. The van der Waals surface area contributed by atoms with Gasteiger partial charge in [0, 0.05) is 55.9 Å². The number of nitrogens with one attached hydrogen (secondary N) is 1. The Balaban J connectivity index is 0.974. The van der Waals surface area contributed by atoms with Crippen LogP contribution in [0, 0.1) is 25.6 Å². The first-order chi connectivity index (χ1) is 32.1. The van der Waals surface area contributed by atoms with E-state index in [9.17, 15) is 22.8 Å². The van der Waals surface area contributed by atoms with Crippen LogP contribution in [-0.2, 0) is 33.1 Å². The molecule has 2 saturated carbocycles. The largest absolute Gasteiger partial charge is 0.438 e. The standard InChI is InChI=1S/C49H51FN8O8S/c1-27-21-35(22-28(2)41(27)50)57-43(59)38-13-16-55(30(4)42(38)51-46(57)56-18-17-54(48(56)62)26-31-5-8-36(9-6-31)67(63,64)37-10-11-37)44(60)40-24-34-23-33(32-14-19-65-20-15-32)7-12-39(34)58(40)49(25-29(49)3)45-52-47(61)66-53-45/h5-9,12,21-24,29-30,32,37H,10-11,13-20,25-26H2,1-4H3,(H,52,53,61)/t29-,30-,49-/m1/s1. The minimum absolute atomic E-state index is 0.00750. The minimum atomic E-state index is -3.38. The molecule has 67 heavy (non-hydrogen) atoms. The summed E-state index contributed by atoms with van der Waals surface area (Å²) in [6.07, 6.45) is 3.86. The number of carbonyl (C=O) groups excluding carboxylic acids is 2. The van der Waals surface area contributed by atoms with Crippen LogP contribution in [-0.4, -0.2) is 92.5 Å². The van der Waals surface area contributed by atoms with Gasteiger partial charge in [-0.3, -0.25) is 24.0 Å². The van der Waals surface area contributed by atoms with E-state index in [4.69, 9.17) is 14.2 Å². The summed E-state index contributed by atoms with van der Waals surface area (Å²) in [6, 6.07) is 16.8. The van der Waals surface area contributed by atoms with E-state index < -0.39 is 44.6 Å². The predicted octanol–water partition coefficient (Wildman–Crippen LogP) is 6.43. The zero-order valence-electron chi connectivity index (χ0n) is 37.8. The van der Waals surface area contributed by atoms with Gasteiger partial charge in [-0.05, 0) is 136 Å². The Kier molecular flexibility index (Phi) is 10.2. The lowest BCUT2D eigenvalue weighted by atomic mass is 9.91. The summed E-state index contributed by atoms with van der Waals surface area (Å²) in [5, 5.41) is 4.67. The fourth-order valence-corrected chi connectivity index (χ4v) is 12.4.